The van der Waals surface area contributed by atoms with E-state index in [1.807, 2.05) is 91.0 Å². The Bertz CT molecular complexity index is 3210. The van der Waals surface area contributed by atoms with Crippen molar-refractivity contribution in [3.05, 3.63) is 181 Å². The number of rotatable bonds is 68. The second kappa shape index (κ2) is 62.7. The predicted molar refractivity (Wildman–Crippen MR) is 461 cm³/mol. The minimum absolute atomic E-state index is 0.0815. The monoisotopic (exact) mass is 1520 g/mol. The van der Waals surface area contributed by atoms with Crippen molar-refractivity contribution in [3.8, 4) is 50.6 Å². The van der Waals surface area contributed by atoms with Gasteiger partial charge in [0.05, 0.1) is 52.9 Å². The van der Waals surface area contributed by atoms with Gasteiger partial charge in [-0.05, 0) is 162 Å². The summed E-state index contributed by atoms with van der Waals surface area (Å²) in [6, 6.07) is 49.5. The van der Waals surface area contributed by atoms with Gasteiger partial charge in [-0.1, -0.05) is 323 Å². The van der Waals surface area contributed by atoms with Gasteiger partial charge in [-0.2, -0.15) is 0 Å². The summed E-state index contributed by atoms with van der Waals surface area (Å²) in [6.45, 7) is 13.6. The van der Waals surface area contributed by atoms with Crippen LogP contribution in [0.15, 0.2) is 164 Å². The van der Waals surface area contributed by atoms with Gasteiger partial charge >= 0.3 is 17.9 Å². The summed E-state index contributed by atoms with van der Waals surface area (Å²) in [5.74, 6) is 1.82. The molecule has 0 unspecified atom stereocenters. The second-order valence-corrected chi connectivity index (χ2v) is 29.9. The minimum Gasteiger partial charge on any atom is -0.494 e. The zero-order valence-electron chi connectivity index (χ0n) is 68.7. The molecule has 0 aromatic heterocycles. The van der Waals surface area contributed by atoms with Crippen molar-refractivity contribution in [1.82, 2.24) is 0 Å². The molecule has 0 atom stereocenters. The molecule has 6 rings (SSSR count). The van der Waals surface area contributed by atoms with Crippen LogP contribution in [0.4, 0.5) is 0 Å². The Morgan fingerprint density at radius 3 is 0.703 bits per heavy atom. The molecule has 0 spiro atoms. The van der Waals surface area contributed by atoms with Crippen molar-refractivity contribution in [3.63, 3.8) is 0 Å². The van der Waals surface area contributed by atoms with Crippen LogP contribution in [0.25, 0.3) is 51.6 Å². The van der Waals surface area contributed by atoms with Gasteiger partial charge in [-0.15, -0.1) is 0 Å². The highest BCUT2D eigenvalue weighted by Crippen LogP contribution is 2.28. The van der Waals surface area contributed by atoms with Crippen molar-refractivity contribution in [2.24, 2.45) is 0 Å². The number of benzene rings is 6. The van der Waals surface area contributed by atoms with E-state index in [9.17, 15) is 14.4 Å². The van der Waals surface area contributed by atoms with Crippen LogP contribution in [0.2, 0.25) is 0 Å². The first-order chi connectivity index (χ1) is 54.8. The fraction of sp³-hybridized carbons (Fsp3) is 0.545. The molecule has 608 valence electrons. The number of carbonyl (C=O) groups excluding carboxylic acids is 3. The molecule has 0 heterocycles. The number of unbranched alkanes of at least 4 members (excludes halogenated alkanes) is 33. The lowest BCUT2D eigenvalue weighted by Gasteiger charge is -2.18. The van der Waals surface area contributed by atoms with E-state index in [0.717, 1.165) is 216 Å². The maximum atomic E-state index is 12.5. The molecule has 0 aliphatic carbocycles. The van der Waals surface area contributed by atoms with Crippen molar-refractivity contribution in [1.29, 1.82) is 0 Å². The largest absolute Gasteiger partial charge is 0.494 e. The van der Waals surface area contributed by atoms with E-state index in [-0.39, 0.29) is 24.0 Å². The van der Waals surface area contributed by atoms with Gasteiger partial charge < -0.3 is 42.6 Å². The predicted octanol–water partition coefficient (Wildman–Crippen LogP) is 26.6. The third-order valence-electron chi connectivity index (χ3n) is 20.2. The molecule has 0 bridgehead atoms. The van der Waals surface area contributed by atoms with Crippen LogP contribution in [-0.4, -0.2) is 96.7 Å². The molecule has 6 aromatic carbocycles. The Kier molecular flexibility index (Phi) is 52.0. The number of hydrogen-bond acceptors (Lipinski definition) is 12. The zero-order valence-corrected chi connectivity index (χ0v) is 68.7. The van der Waals surface area contributed by atoms with Gasteiger partial charge in [0.15, 0.2) is 0 Å². The fourth-order valence-corrected chi connectivity index (χ4v) is 13.3. The van der Waals surface area contributed by atoms with Gasteiger partial charge in [0.25, 0.3) is 0 Å². The van der Waals surface area contributed by atoms with Crippen LogP contribution in [0.5, 0.6) is 17.2 Å². The highest BCUT2D eigenvalue weighted by atomic mass is 16.6. The Labute approximate surface area is 670 Å². The van der Waals surface area contributed by atoms with Gasteiger partial charge in [-0.25, -0.2) is 14.4 Å². The summed E-state index contributed by atoms with van der Waals surface area (Å²) in [7, 11) is 0. The topological polar surface area (TPSA) is 134 Å². The van der Waals surface area contributed by atoms with Crippen molar-refractivity contribution in [2.45, 2.75) is 277 Å². The number of esters is 3. The maximum Gasteiger partial charge on any atom is 0.330 e. The summed E-state index contributed by atoms with van der Waals surface area (Å²) in [4.78, 5) is 37.4. The highest BCUT2D eigenvalue weighted by Gasteiger charge is 2.12. The molecule has 0 radical (unpaired) electrons. The van der Waals surface area contributed by atoms with Gasteiger partial charge in [0.2, 0.25) is 0 Å². The Balaban J connectivity index is 0.768. The van der Waals surface area contributed by atoms with Crippen molar-refractivity contribution < 1.29 is 57.0 Å². The summed E-state index contributed by atoms with van der Waals surface area (Å²) < 4.78 is 53.2. The van der Waals surface area contributed by atoms with E-state index in [2.05, 4.69) is 93.6 Å². The smallest absolute Gasteiger partial charge is 0.330 e. The Morgan fingerprint density at radius 2 is 0.450 bits per heavy atom. The van der Waals surface area contributed by atoms with Crippen LogP contribution in [0.3, 0.4) is 0 Å². The fourth-order valence-electron chi connectivity index (χ4n) is 13.3. The lowest BCUT2D eigenvalue weighted by Crippen LogP contribution is -2.26. The van der Waals surface area contributed by atoms with E-state index in [1.54, 1.807) is 0 Å². The molecule has 0 saturated carbocycles. The second-order valence-electron chi connectivity index (χ2n) is 29.9. The molecule has 0 fully saturated rings. The molecule has 0 amide bonds. The molecule has 0 aliphatic heterocycles. The molecular weight excluding hydrogens is 1380 g/mol. The van der Waals surface area contributed by atoms with Crippen molar-refractivity contribution >= 4 is 36.1 Å². The van der Waals surface area contributed by atoms with E-state index >= 15 is 0 Å². The van der Waals surface area contributed by atoms with Crippen LogP contribution in [0.1, 0.15) is 288 Å². The molecule has 12 nitrogen and oxygen atoms in total. The van der Waals surface area contributed by atoms with Gasteiger partial charge in [0, 0.05) is 38.0 Å². The van der Waals surface area contributed by atoms with E-state index in [1.165, 1.54) is 153 Å². The highest BCUT2D eigenvalue weighted by molar-refractivity contribution is 5.88. The lowest BCUT2D eigenvalue weighted by atomic mass is 10.0. The first-order valence-electron chi connectivity index (χ1n) is 43.6. The van der Waals surface area contributed by atoms with Crippen molar-refractivity contribution in [2.75, 3.05) is 72.7 Å². The van der Waals surface area contributed by atoms with E-state index < -0.39 is 0 Å². The third kappa shape index (κ3) is 45.5. The van der Waals surface area contributed by atoms with Crippen LogP contribution >= 0.6 is 0 Å². The zero-order chi connectivity index (χ0) is 78.2. The SMILES string of the molecule is CCCCCCCOc1ccc(-c2ccc(C=CC(=O)OCCCCCCCCCCOCC(COCCCCCCCCCCOC(=O)C=Cc3ccc(-c4ccc(OCCCCCCC)cc4)cc3)OCCCCCCCCCCOC(=O)C=Cc3ccc(-c4ccc(OCCCCCCC)cc4)cc3)cc2)cc1. The molecule has 0 aliphatic rings. The molecule has 6 aromatic rings. The van der Waals surface area contributed by atoms with Gasteiger partial charge in [0.1, 0.15) is 23.4 Å². The maximum absolute atomic E-state index is 12.5. The third-order valence-corrected chi connectivity index (χ3v) is 20.2. The Morgan fingerprint density at radius 1 is 0.243 bits per heavy atom. The summed E-state index contributed by atoms with van der Waals surface area (Å²) in [5.41, 5.74) is 9.64. The van der Waals surface area contributed by atoms with Crippen LogP contribution in [0, 0.1) is 0 Å². The standard InChI is InChI=1S/C99H140O12/c1-4-7-10-25-36-75-105-93-64-58-90(59-65-93)87-52-43-84(44-53-87)49-70-97(100)109-79-40-31-22-15-13-19-28-34-73-103-82-96(108-78-39-30-21-17-18-24-33-42-81-111-99(102)72-51-86-47-56-89(57-48-86)92-62-68-95(69-63-92)107-77-38-27-12-9-6-3)83-104-74-35-29-20-14-16-23-32-41-80-110-98(101)71-50-85-45-54-88(55-46-85)91-60-66-94(67-61-91)106-76-37-26-11-8-5-2/h43-72,96H,4-42,73-83H2,1-3H3. The summed E-state index contributed by atoms with van der Waals surface area (Å²) >= 11 is 0. The Hall–Kier alpha value is -7.77. The minimum atomic E-state index is -0.302. The first kappa shape index (κ1) is 92.1. The quantitative estimate of drug-likeness (QED) is 0.0156. The van der Waals surface area contributed by atoms with Crippen LogP contribution in [-0.2, 0) is 42.8 Å². The number of ether oxygens (including phenoxy) is 9. The molecule has 0 saturated heterocycles. The average molecular weight is 1520 g/mol. The van der Waals surface area contributed by atoms with E-state index in [4.69, 9.17) is 42.6 Å². The summed E-state index contributed by atoms with van der Waals surface area (Å²) in [5, 5.41) is 0. The summed E-state index contributed by atoms with van der Waals surface area (Å²) in [6.07, 6.45) is 54.7. The van der Waals surface area contributed by atoms with Gasteiger partial charge in [-0.3, -0.25) is 0 Å². The van der Waals surface area contributed by atoms with Crippen LogP contribution < -0.4 is 14.2 Å². The number of hydrogen-bond donors (Lipinski definition) is 0. The molecule has 111 heavy (non-hydrogen) atoms. The molecule has 12 heteroatoms. The average Bonchev–Trinajstić information content (AvgIpc) is 0.866. The lowest BCUT2D eigenvalue weighted by molar-refractivity contribution is -0.138. The first-order valence-corrected chi connectivity index (χ1v) is 43.6. The molecule has 0 N–H and O–H groups in total. The molecular formula is C99H140O12. The van der Waals surface area contributed by atoms with E-state index in [0.29, 0.717) is 39.6 Å². The number of carbonyl (C=O) groups is 3. The normalized spacial score (nSPS) is 11.8.